The van der Waals surface area contributed by atoms with E-state index in [4.69, 9.17) is 20.9 Å². The van der Waals surface area contributed by atoms with Crippen molar-refractivity contribution in [1.82, 2.24) is 0 Å². The van der Waals surface area contributed by atoms with Gasteiger partial charge in [0.2, 0.25) is 11.9 Å². The molecular formula is C22H28N6O4S. The second-order valence-corrected chi connectivity index (χ2v) is 9.67. The highest BCUT2D eigenvalue weighted by Gasteiger charge is 2.42. The predicted octanol–water partition coefficient (Wildman–Crippen LogP) is 2.61. The number of benzene rings is 2. The third-order valence-electron chi connectivity index (χ3n) is 5.91. The fourth-order valence-corrected chi connectivity index (χ4v) is 5.43. The Hall–Kier alpha value is -3.47. The molecule has 0 amide bonds. The normalized spacial score (nSPS) is 17.8. The van der Waals surface area contributed by atoms with Crippen molar-refractivity contribution < 1.29 is 17.9 Å². The monoisotopic (exact) mass is 472 g/mol. The summed E-state index contributed by atoms with van der Waals surface area (Å²) in [6.45, 7) is 0. The van der Waals surface area contributed by atoms with Gasteiger partial charge < -0.3 is 20.9 Å². The van der Waals surface area contributed by atoms with Crippen molar-refractivity contribution in [2.75, 3.05) is 23.8 Å². The number of rotatable bonds is 6. The topological polar surface area (TPSA) is 145 Å². The van der Waals surface area contributed by atoms with E-state index in [0.717, 1.165) is 32.1 Å². The van der Waals surface area contributed by atoms with E-state index in [0.29, 0.717) is 22.9 Å². The first-order chi connectivity index (χ1) is 15.8. The number of nitrogens with zero attached hydrogens (tertiary/aromatic N) is 3. The summed E-state index contributed by atoms with van der Waals surface area (Å²) in [5.74, 6) is 1.32. The van der Waals surface area contributed by atoms with Gasteiger partial charge in [-0.1, -0.05) is 6.42 Å². The van der Waals surface area contributed by atoms with E-state index < -0.39 is 15.7 Å². The van der Waals surface area contributed by atoms with Crippen LogP contribution in [0.2, 0.25) is 0 Å². The fraction of sp³-hybridized carbons (Fsp3) is 0.364. The highest BCUT2D eigenvalue weighted by Crippen LogP contribution is 2.39. The van der Waals surface area contributed by atoms with Crippen molar-refractivity contribution in [3.8, 4) is 11.5 Å². The molecule has 1 aliphatic heterocycles. The van der Waals surface area contributed by atoms with Gasteiger partial charge >= 0.3 is 0 Å². The fourth-order valence-electron chi connectivity index (χ4n) is 4.36. The maximum absolute atomic E-state index is 13.0. The zero-order valence-corrected chi connectivity index (χ0v) is 19.4. The second-order valence-electron chi connectivity index (χ2n) is 7.98. The quantitative estimate of drug-likeness (QED) is 0.586. The van der Waals surface area contributed by atoms with Gasteiger partial charge in [-0.05, 0) is 62.1 Å². The Morgan fingerprint density at radius 2 is 1.70 bits per heavy atom. The van der Waals surface area contributed by atoms with Crippen LogP contribution in [-0.2, 0) is 10.0 Å². The minimum absolute atomic E-state index is 0.0948. The number of sulfonamides is 1. The van der Waals surface area contributed by atoms with Gasteiger partial charge in [0.1, 0.15) is 17.2 Å². The maximum atomic E-state index is 13.0. The zero-order chi connectivity index (χ0) is 23.6. The lowest BCUT2D eigenvalue weighted by molar-refractivity contribution is 0.305. The minimum atomic E-state index is -3.87. The average molecular weight is 473 g/mol. The summed E-state index contributed by atoms with van der Waals surface area (Å²) in [5.41, 5.74) is 12.6. The van der Waals surface area contributed by atoms with E-state index in [1.807, 2.05) is 4.90 Å². The molecule has 2 aliphatic rings. The van der Waals surface area contributed by atoms with E-state index >= 15 is 0 Å². The van der Waals surface area contributed by atoms with Crippen LogP contribution in [0.5, 0.6) is 11.5 Å². The van der Waals surface area contributed by atoms with Crippen LogP contribution in [0.3, 0.4) is 0 Å². The lowest BCUT2D eigenvalue weighted by Gasteiger charge is -2.45. The van der Waals surface area contributed by atoms with E-state index in [2.05, 4.69) is 14.7 Å². The summed E-state index contributed by atoms with van der Waals surface area (Å²) < 4.78 is 39.0. The average Bonchev–Trinajstić information content (AvgIpc) is 2.79. The van der Waals surface area contributed by atoms with Crippen molar-refractivity contribution in [2.24, 2.45) is 21.5 Å². The molecule has 1 heterocycles. The van der Waals surface area contributed by atoms with Crippen LogP contribution in [0.1, 0.15) is 32.1 Å². The first-order valence-electron chi connectivity index (χ1n) is 10.6. The van der Waals surface area contributed by atoms with E-state index in [9.17, 15) is 8.42 Å². The first-order valence-corrected chi connectivity index (χ1v) is 12.1. The molecular weight excluding hydrogens is 444 g/mol. The molecule has 1 aliphatic carbocycles. The molecule has 0 bridgehead atoms. The summed E-state index contributed by atoms with van der Waals surface area (Å²) >= 11 is 0. The Morgan fingerprint density at radius 1 is 1.00 bits per heavy atom. The summed E-state index contributed by atoms with van der Waals surface area (Å²) in [6.07, 6.45) is 4.71. The summed E-state index contributed by atoms with van der Waals surface area (Å²) in [7, 11) is -0.882. The van der Waals surface area contributed by atoms with E-state index in [-0.39, 0.29) is 16.8 Å². The van der Waals surface area contributed by atoms with Crippen molar-refractivity contribution in [3.63, 3.8) is 0 Å². The summed E-state index contributed by atoms with van der Waals surface area (Å²) in [4.78, 5) is 10.7. The van der Waals surface area contributed by atoms with Crippen molar-refractivity contribution in [1.29, 1.82) is 0 Å². The van der Waals surface area contributed by atoms with Crippen LogP contribution in [0.15, 0.2) is 57.3 Å². The molecule has 33 heavy (non-hydrogen) atoms. The molecule has 4 rings (SSSR count). The zero-order valence-electron chi connectivity index (χ0n) is 18.6. The van der Waals surface area contributed by atoms with Gasteiger partial charge in [0.15, 0.2) is 0 Å². The molecule has 11 heteroatoms. The van der Waals surface area contributed by atoms with Crippen LogP contribution >= 0.6 is 0 Å². The standard InChI is InChI=1S/C22H28N6O4S/c1-31-16-8-11-18(19(14-16)32-2)27-33(29,30)17-9-6-15(7-10-17)28-21(24)25-20(23)26-22(28)12-4-3-5-13-22/h6-11,14,27H,3-5,12-13H2,1-2H3,(H4,23,24,25,26). The lowest BCUT2D eigenvalue weighted by Crippen LogP contribution is -2.58. The van der Waals surface area contributed by atoms with Crippen LogP contribution in [0, 0.1) is 0 Å². The SMILES string of the molecule is COc1ccc(NS(=O)(=O)c2ccc(N3C(N)=NC(N)=NC34CCCCC4)cc2)c(OC)c1. The molecule has 2 aromatic carbocycles. The van der Waals surface area contributed by atoms with Gasteiger partial charge in [0, 0.05) is 11.8 Å². The molecule has 5 N–H and O–H groups in total. The molecule has 176 valence electrons. The number of ether oxygens (including phenoxy) is 2. The molecule has 1 saturated carbocycles. The largest absolute Gasteiger partial charge is 0.497 e. The molecule has 1 fully saturated rings. The predicted molar refractivity (Wildman–Crippen MR) is 128 cm³/mol. The van der Waals surface area contributed by atoms with Crippen molar-refractivity contribution >= 4 is 33.3 Å². The number of nitrogens with two attached hydrogens (primary N) is 2. The third kappa shape index (κ3) is 4.40. The number of aliphatic imine (C=N–C) groups is 2. The smallest absolute Gasteiger partial charge is 0.262 e. The Bertz CT molecular complexity index is 1190. The highest BCUT2D eigenvalue weighted by atomic mass is 32.2. The van der Waals surface area contributed by atoms with Gasteiger partial charge in [-0.2, -0.15) is 4.99 Å². The second kappa shape index (κ2) is 8.81. The van der Waals surface area contributed by atoms with Crippen molar-refractivity contribution in [2.45, 2.75) is 42.7 Å². The first kappa shape index (κ1) is 22.7. The Morgan fingerprint density at radius 3 is 2.33 bits per heavy atom. The molecule has 0 atom stereocenters. The number of nitrogens with one attached hydrogen (secondary N) is 1. The summed E-state index contributed by atoms with van der Waals surface area (Å²) in [5, 5.41) is 0. The number of anilines is 2. The van der Waals surface area contributed by atoms with Gasteiger partial charge in [-0.25, -0.2) is 13.4 Å². The lowest BCUT2D eigenvalue weighted by atomic mass is 9.87. The third-order valence-corrected chi connectivity index (χ3v) is 7.29. The van der Waals surface area contributed by atoms with E-state index in [1.165, 1.54) is 26.4 Å². The molecule has 2 aromatic rings. The maximum Gasteiger partial charge on any atom is 0.262 e. The number of hydrogen-bond donors (Lipinski definition) is 3. The Labute approximate surface area is 193 Å². The highest BCUT2D eigenvalue weighted by molar-refractivity contribution is 7.92. The van der Waals surface area contributed by atoms with Gasteiger partial charge in [-0.15, -0.1) is 0 Å². The molecule has 0 unspecified atom stereocenters. The molecule has 0 radical (unpaired) electrons. The Balaban J connectivity index is 1.62. The van der Waals surface area contributed by atoms with Crippen LogP contribution < -0.4 is 30.6 Å². The van der Waals surface area contributed by atoms with Crippen LogP contribution in [-0.4, -0.2) is 40.2 Å². The van der Waals surface area contributed by atoms with E-state index in [1.54, 1.807) is 30.3 Å². The van der Waals surface area contributed by atoms with Crippen LogP contribution in [0.25, 0.3) is 0 Å². The van der Waals surface area contributed by atoms with Gasteiger partial charge in [0.05, 0.1) is 24.8 Å². The number of methoxy groups -OCH3 is 2. The molecule has 1 spiro atoms. The minimum Gasteiger partial charge on any atom is -0.497 e. The number of hydrogen-bond acceptors (Lipinski definition) is 9. The van der Waals surface area contributed by atoms with Crippen molar-refractivity contribution in [3.05, 3.63) is 42.5 Å². The van der Waals surface area contributed by atoms with Crippen LogP contribution in [0.4, 0.5) is 11.4 Å². The Kier molecular flexibility index (Phi) is 6.07. The number of guanidine groups is 2. The molecule has 0 aromatic heterocycles. The summed E-state index contributed by atoms with van der Waals surface area (Å²) in [6, 6.07) is 11.3. The van der Waals surface area contributed by atoms with Gasteiger partial charge in [0.25, 0.3) is 10.0 Å². The molecule has 0 saturated heterocycles. The molecule has 10 nitrogen and oxygen atoms in total. The van der Waals surface area contributed by atoms with Gasteiger partial charge in [-0.3, -0.25) is 9.62 Å².